The van der Waals surface area contributed by atoms with E-state index in [9.17, 15) is 0 Å². The van der Waals surface area contributed by atoms with Crippen molar-refractivity contribution in [2.24, 2.45) is 0 Å². The molecule has 0 fully saturated rings. The van der Waals surface area contributed by atoms with Gasteiger partial charge in [0.1, 0.15) is 0 Å². The zero-order valence-corrected chi connectivity index (χ0v) is 35.1. The first-order chi connectivity index (χ1) is 31.8. The highest BCUT2D eigenvalue weighted by Crippen LogP contribution is 2.63. The molecule has 0 heterocycles. The van der Waals surface area contributed by atoms with Crippen LogP contribution in [0.4, 0.5) is 17.1 Å². The van der Waals surface area contributed by atoms with E-state index in [1.807, 2.05) is 0 Å². The van der Waals surface area contributed by atoms with Crippen LogP contribution in [0.1, 0.15) is 22.3 Å². The van der Waals surface area contributed by atoms with E-state index in [0.717, 1.165) is 17.1 Å². The number of nitrogens with zero attached hydrogens (tertiary/aromatic N) is 1. The van der Waals surface area contributed by atoms with E-state index in [-0.39, 0.29) is 0 Å². The molecule has 11 aromatic rings. The van der Waals surface area contributed by atoms with Crippen LogP contribution < -0.4 is 4.90 Å². The summed E-state index contributed by atoms with van der Waals surface area (Å²) < 4.78 is 0. The van der Waals surface area contributed by atoms with Gasteiger partial charge < -0.3 is 4.90 Å². The van der Waals surface area contributed by atoms with Crippen LogP contribution in [0.3, 0.4) is 0 Å². The zero-order chi connectivity index (χ0) is 42.2. The molecule has 64 heavy (non-hydrogen) atoms. The highest BCUT2D eigenvalue weighted by molar-refractivity contribution is 6.12. The Kier molecular flexibility index (Phi) is 8.20. The fourth-order valence-corrected chi connectivity index (χ4v) is 11.2. The van der Waals surface area contributed by atoms with Crippen molar-refractivity contribution in [1.29, 1.82) is 0 Å². The second-order valence-electron chi connectivity index (χ2n) is 17.2. The van der Waals surface area contributed by atoms with Crippen molar-refractivity contribution in [2.75, 3.05) is 4.90 Å². The summed E-state index contributed by atoms with van der Waals surface area (Å²) in [6.07, 6.45) is 0. The predicted octanol–water partition coefficient (Wildman–Crippen LogP) is 16.8. The van der Waals surface area contributed by atoms with Gasteiger partial charge in [0.05, 0.1) is 11.1 Å². The molecule has 13 rings (SSSR count). The smallest absolute Gasteiger partial charge is 0.0725 e. The van der Waals surface area contributed by atoms with Gasteiger partial charge in [-0.1, -0.05) is 212 Å². The van der Waals surface area contributed by atoms with E-state index in [1.165, 1.54) is 99.4 Å². The fraction of sp³-hybridized carbons (Fsp3) is 0.0159. The Balaban J connectivity index is 1.14. The lowest BCUT2D eigenvalue weighted by molar-refractivity contribution is 0.794. The molecule has 2 aliphatic rings. The molecule has 0 aliphatic heterocycles. The number of rotatable bonds is 6. The topological polar surface area (TPSA) is 3.24 Å². The maximum atomic E-state index is 2.53. The van der Waals surface area contributed by atoms with Gasteiger partial charge >= 0.3 is 0 Å². The van der Waals surface area contributed by atoms with E-state index in [0.29, 0.717) is 0 Å². The summed E-state index contributed by atoms with van der Waals surface area (Å²) >= 11 is 0. The van der Waals surface area contributed by atoms with Gasteiger partial charge in [-0.2, -0.15) is 0 Å². The van der Waals surface area contributed by atoms with Crippen LogP contribution in [-0.4, -0.2) is 0 Å². The summed E-state index contributed by atoms with van der Waals surface area (Å²) in [6.45, 7) is 0. The molecule has 1 heteroatoms. The van der Waals surface area contributed by atoms with Gasteiger partial charge in [0.2, 0.25) is 0 Å². The highest BCUT2D eigenvalue weighted by Gasteiger charge is 2.51. The Hall–Kier alpha value is -8.26. The Bertz CT molecular complexity index is 3510. The molecule has 0 saturated carbocycles. The number of hydrogen-bond acceptors (Lipinski definition) is 1. The average molecular weight is 812 g/mol. The monoisotopic (exact) mass is 811 g/mol. The van der Waals surface area contributed by atoms with Crippen molar-refractivity contribution in [3.63, 3.8) is 0 Å². The predicted molar refractivity (Wildman–Crippen MR) is 269 cm³/mol. The van der Waals surface area contributed by atoms with Crippen LogP contribution in [0.5, 0.6) is 0 Å². The Morgan fingerprint density at radius 2 is 0.734 bits per heavy atom. The third-order valence-electron chi connectivity index (χ3n) is 13.8. The van der Waals surface area contributed by atoms with Gasteiger partial charge in [-0.3, -0.25) is 0 Å². The molecule has 2 aliphatic carbocycles. The molecule has 298 valence electrons. The molecule has 0 N–H and O–H groups in total. The Morgan fingerprint density at radius 3 is 1.36 bits per heavy atom. The Labute approximate surface area is 373 Å². The molecule has 0 bridgehead atoms. The summed E-state index contributed by atoms with van der Waals surface area (Å²) in [5, 5.41) is 4.88. The average Bonchev–Trinajstić information content (AvgIpc) is 3.84. The van der Waals surface area contributed by atoms with Gasteiger partial charge in [0.15, 0.2) is 0 Å². The number of benzene rings is 11. The van der Waals surface area contributed by atoms with E-state index < -0.39 is 5.41 Å². The lowest BCUT2D eigenvalue weighted by atomic mass is 9.70. The zero-order valence-electron chi connectivity index (χ0n) is 35.1. The number of fused-ring (bicyclic) bond motifs is 12. The molecule has 0 atom stereocenters. The molecule has 1 nitrogen and oxygen atoms in total. The van der Waals surface area contributed by atoms with Crippen molar-refractivity contribution in [1.82, 2.24) is 0 Å². The third-order valence-corrected chi connectivity index (χ3v) is 13.8. The van der Waals surface area contributed by atoms with E-state index >= 15 is 0 Å². The third kappa shape index (κ3) is 5.38. The Morgan fingerprint density at radius 1 is 0.266 bits per heavy atom. The van der Waals surface area contributed by atoms with Crippen molar-refractivity contribution in [2.45, 2.75) is 5.41 Å². The van der Waals surface area contributed by atoms with Crippen LogP contribution in [0.2, 0.25) is 0 Å². The van der Waals surface area contributed by atoms with E-state index in [4.69, 9.17) is 0 Å². The molecular weight excluding hydrogens is 771 g/mol. The molecule has 11 aromatic carbocycles. The minimum absolute atomic E-state index is 0.423. The normalized spacial score (nSPS) is 12.8. The fourth-order valence-electron chi connectivity index (χ4n) is 11.2. The summed E-state index contributed by atoms with van der Waals surface area (Å²) in [5.41, 5.74) is 20.5. The van der Waals surface area contributed by atoms with Gasteiger partial charge in [-0.15, -0.1) is 0 Å². The lowest BCUT2D eigenvalue weighted by Gasteiger charge is -2.32. The van der Waals surface area contributed by atoms with E-state index in [1.54, 1.807) is 0 Å². The van der Waals surface area contributed by atoms with Crippen LogP contribution in [0.25, 0.3) is 77.2 Å². The summed E-state index contributed by atoms with van der Waals surface area (Å²) in [6, 6.07) is 92.3. The van der Waals surface area contributed by atoms with Gasteiger partial charge in [0.25, 0.3) is 0 Å². The summed E-state index contributed by atoms with van der Waals surface area (Å²) in [7, 11) is 0. The number of hydrogen-bond donors (Lipinski definition) is 0. The number of anilines is 3. The molecular formula is C63H41N. The minimum Gasteiger partial charge on any atom is -0.310 e. The van der Waals surface area contributed by atoms with Crippen molar-refractivity contribution in [3.8, 4) is 55.6 Å². The van der Waals surface area contributed by atoms with Crippen molar-refractivity contribution in [3.05, 3.63) is 271 Å². The van der Waals surface area contributed by atoms with Crippen molar-refractivity contribution < 1.29 is 0 Å². The molecule has 0 aromatic heterocycles. The first-order valence-corrected chi connectivity index (χ1v) is 22.3. The van der Waals surface area contributed by atoms with Gasteiger partial charge in [-0.25, -0.2) is 0 Å². The summed E-state index contributed by atoms with van der Waals surface area (Å²) in [4.78, 5) is 2.53. The largest absolute Gasteiger partial charge is 0.310 e. The minimum atomic E-state index is -0.423. The quantitative estimate of drug-likeness (QED) is 0.162. The lowest BCUT2D eigenvalue weighted by Crippen LogP contribution is -2.25. The first kappa shape index (κ1) is 36.4. The van der Waals surface area contributed by atoms with E-state index in [2.05, 4.69) is 254 Å². The van der Waals surface area contributed by atoms with Gasteiger partial charge in [-0.05, 0) is 130 Å². The molecule has 0 radical (unpaired) electrons. The maximum absolute atomic E-state index is 2.53. The maximum Gasteiger partial charge on any atom is 0.0725 e. The molecule has 0 unspecified atom stereocenters. The van der Waals surface area contributed by atoms with Crippen molar-refractivity contribution >= 4 is 38.6 Å². The molecule has 1 spiro atoms. The van der Waals surface area contributed by atoms with Gasteiger partial charge in [0, 0.05) is 16.9 Å². The molecule has 0 amide bonds. The summed E-state index contributed by atoms with van der Waals surface area (Å²) in [5.74, 6) is 0. The molecule has 0 saturated heterocycles. The van der Waals surface area contributed by atoms with Crippen LogP contribution >= 0.6 is 0 Å². The second kappa shape index (κ2) is 14.4. The first-order valence-electron chi connectivity index (χ1n) is 22.3. The highest BCUT2D eigenvalue weighted by atomic mass is 15.1. The van der Waals surface area contributed by atoms with Crippen LogP contribution in [0.15, 0.2) is 249 Å². The van der Waals surface area contributed by atoms with Crippen LogP contribution in [-0.2, 0) is 5.41 Å². The SMILES string of the molecule is c1ccc(-c2cc(-c3ccccc3)cc(N(c3ccc4c(c3)-c3ccccc3C43c4ccccc4-c4ccccc43)c3ccc4ccccc4c3-c3cccc4ccccc34)c2)cc1. The standard InChI is InChI=1S/C63H41N/c1-3-18-42(19-4-1)46-38-47(43-20-5-2-6-21-43)40-49(39-46)64(61-37-34-45-23-8-10-26-51(45)62(61)55-30-17-24-44-22-7-9-25-50(44)55)48-35-36-60-56(41-48)54-29-13-16-33-59(54)63(60)57-31-14-11-27-52(57)53-28-12-15-32-58(53)63/h1-41H. The van der Waals surface area contributed by atoms with Crippen LogP contribution in [0, 0.1) is 0 Å². The second-order valence-corrected chi connectivity index (χ2v) is 17.2.